The predicted octanol–water partition coefficient (Wildman–Crippen LogP) is 4.21. The Morgan fingerprint density at radius 1 is 1.09 bits per heavy atom. The van der Waals surface area contributed by atoms with Gasteiger partial charge in [0.2, 0.25) is 5.88 Å². The molecule has 3 aromatic heterocycles. The third kappa shape index (κ3) is 6.41. The van der Waals surface area contributed by atoms with E-state index in [0.29, 0.717) is 60.0 Å². The van der Waals surface area contributed by atoms with Crippen molar-refractivity contribution in [3.05, 3.63) is 83.4 Å². The number of methoxy groups -OCH3 is 1. The average Bonchev–Trinajstić information content (AvgIpc) is 3.11. The second kappa shape index (κ2) is 12.7. The molecule has 4 aromatic rings. The van der Waals surface area contributed by atoms with E-state index in [1.165, 1.54) is 13.3 Å². The van der Waals surface area contributed by atoms with Crippen LogP contribution in [0.15, 0.2) is 60.8 Å². The number of nitrogens with one attached hydrogen (secondary N) is 3. The highest BCUT2D eigenvalue weighted by Crippen LogP contribution is 2.46. The minimum Gasteiger partial charge on any atom is -0.481 e. The number of rotatable bonds is 10. The van der Waals surface area contributed by atoms with E-state index in [4.69, 9.17) is 18.9 Å². The van der Waals surface area contributed by atoms with E-state index in [0.717, 1.165) is 24.1 Å². The summed E-state index contributed by atoms with van der Waals surface area (Å²) in [5.41, 5.74) is 1.74. The summed E-state index contributed by atoms with van der Waals surface area (Å²) in [6.45, 7) is 0.928. The van der Waals surface area contributed by atoms with Crippen molar-refractivity contribution in [3.8, 4) is 11.6 Å². The lowest BCUT2D eigenvalue weighted by atomic mass is 9.67. The fourth-order valence-electron chi connectivity index (χ4n) is 6.64. The first-order valence-corrected chi connectivity index (χ1v) is 15.6. The Kier molecular flexibility index (Phi) is 8.33. The minimum atomic E-state index is -0.762. The van der Waals surface area contributed by atoms with E-state index < -0.39 is 23.6 Å². The van der Waals surface area contributed by atoms with Gasteiger partial charge in [0.05, 0.1) is 48.3 Å². The van der Waals surface area contributed by atoms with Crippen LogP contribution in [0.1, 0.15) is 42.5 Å². The molecule has 244 valence electrons. The van der Waals surface area contributed by atoms with Gasteiger partial charge >= 0.3 is 6.09 Å². The monoisotopic (exact) mass is 642 g/mol. The van der Waals surface area contributed by atoms with Crippen molar-refractivity contribution in [2.24, 2.45) is 0 Å². The Labute approximate surface area is 270 Å². The predicted molar refractivity (Wildman–Crippen MR) is 168 cm³/mol. The molecular weight excluding hydrogens is 607 g/mol. The van der Waals surface area contributed by atoms with Crippen LogP contribution in [0, 0.1) is 5.82 Å². The van der Waals surface area contributed by atoms with E-state index in [-0.39, 0.29) is 31.1 Å². The second-order valence-corrected chi connectivity index (χ2v) is 12.2. The van der Waals surface area contributed by atoms with E-state index >= 15 is 4.39 Å². The third-order valence-corrected chi connectivity index (χ3v) is 9.36. The zero-order valence-corrected chi connectivity index (χ0v) is 25.9. The number of hydrogen-bond donors (Lipinski definition) is 3. The number of fused-ring (bicyclic) bond motifs is 5. The van der Waals surface area contributed by atoms with Gasteiger partial charge in [-0.05, 0) is 49.4 Å². The highest BCUT2D eigenvalue weighted by Gasteiger charge is 2.54. The highest BCUT2D eigenvalue weighted by atomic mass is 19.1. The first kappa shape index (κ1) is 30.8. The number of anilines is 1. The molecule has 2 saturated heterocycles. The largest absolute Gasteiger partial charge is 0.481 e. The summed E-state index contributed by atoms with van der Waals surface area (Å²) in [5, 5.41) is 9.43. The lowest BCUT2D eigenvalue weighted by molar-refractivity contribution is -0.177. The standard InChI is InChI=1S/C34H35FN6O6/c1-44-29-10-8-25-30(41-29)23(24(35)17-36-25)15-27(39-32(43)46-18-21-5-3-2-4-6-21)34-13-11-33(12-14-34,20-47-34)37-16-22-7-9-26-31(38-22)40-28(42)19-45-26/h2-10,17,27,37H,11-16,18-20H2,1H3,(H,39,43)(H,38,40,42). The third-order valence-electron chi connectivity index (χ3n) is 9.36. The average molecular weight is 643 g/mol. The molecule has 2 bridgehead atoms. The van der Waals surface area contributed by atoms with E-state index in [1.54, 1.807) is 18.2 Å². The van der Waals surface area contributed by atoms with Gasteiger partial charge in [0.1, 0.15) is 12.4 Å². The summed E-state index contributed by atoms with van der Waals surface area (Å²) in [5.74, 6) is 0.530. The summed E-state index contributed by atoms with van der Waals surface area (Å²) in [7, 11) is 1.50. The van der Waals surface area contributed by atoms with E-state index in [2.05, 4.69) is 30.9 Å². The molecule has 47 heavy (non-hydrogen) atoms. The first-order chi connectivity index (χ1) is 22.8. The second-order valence-electron chi connectivity index (χ2n) is 12.2. The lowest BCUT2D eigenvalue weighted by Gasteiger charge is -2.56. The van der Waals surface area contributed by atoms with Crippen LogP contribution < -0.4 is 25.4 Å². The Morgan fingerprint density at radius 2 is 1.91 bits per heavy atom. The lowest BCUT2D eigenvalue weighted by Crippen LogP contribution is -2.67. The molecular formula is C34H35FN6O6. The number of ether oxygens (including phenoxy) is 4. The van der Waals surface area contributed by atoms with Crippen molar-refractivity contribution < 1.29 is 32.9 Å². The maximum atomic E-state index is 15.5. The van der Waals surface area contributed by atoms with Gasteiger partial charge in [-0.2, -0.15) is 0 Å². The Hall–Kier alpha value is -4.88. The summed E-state index contributed by atoms with van der Waals surface area (Å²) in [6.07, 6.45) is 3.44. The van der Waals surface area contributed by atoms with E-state index in [1.807, 2.05) is 36.4 Å². The Bertz CT molecular complexity index is 1780. The quantitative estimate of drug-likeness (QED) is 0.230. The van der Waals surface area contributed by atoms with Crippen LogP contribution in [0.25, 0.3) is 11.0 Å². The Balaban J connectivity index is 1.10. The van der Waals surface area contributed by atoms with Crippen LogP contribution in [0.3, 0.4) is 0 Å². The molecule has 1 atom stereocenters. The molecule has 1 aromatic carbocycles. The highest BCUT2D eigenvalue weighted by molar-refractivity contribution is 5.94. The summed E-state index contributed by atoms with van der Waals surface area (Å²) >= 11 is 0. The number of alkyl carbamates (subject to hydrolysis) is 1. The fourth-order valence-corrected chi connectivity index (χ4v) is 6.64. The molecule has 1 saturated carbocycles. The molecule has 3 fully saturated rings. The normalized spacial score (nSPS) is 22.1. The molecule has 3 aliphatic heterocycles. The van der Waals surface area contributed by atoms with Crippen molar-refractivity contribution in [1.29, 1.82) is 0 Å². The van der Waals surface area contributed by atoms with Crippen LogP contribution in [0.2, 0.25) is 0 Å². The van der Waals surface area contributed by atoms with Gasteiger partial charge in [-0.3, -0.25) is 9.78 Å². The van der Waals surface area contributed by atoms with Crippen molar-refractivity contribution in [2.75, 3.05) is 25.6 Å². The molecule has 0 spiro atoms. The van der Waals surface area contributed by atoms with Crippen LogP contribution in [-0.4, -0.2) is 64.5 Å². The van der Waals surface area contributed by atoms with Gasteiger partial charge in [-0.15, -0.1) is 0 Å². The number of hydrogen-bond acceptors (Lipinski definition) is 10. The number of benzene rings is 1. The number of pyridine rings is 3. The smallest absolute Gasteiger partial charge is 0.407 e. The summed E-state index contributed by atoms with van der Waals surface area (Å²) < 4.78 is 38.5. The van der Waals surface area contributed by atoms with Gasteiger partial charge in [-0.1, -0.05) is 30.3 Å². The number of carbonyl (C=O) groups excluding carboxylic acids is 2. The number of amides is 2. The molecule has 2 amide bonds. The number of nitrogens with zero attached hydrogens (tertiary/aromatic N) is 3. The summed E-state index contributed by atoms with van der Waals surface area (Å²) in [6, 6.07) is 15.9. The maximum absolute atomic E-state index is 15.5. The van der Waals surface area contributed by atoms with Gasteiger partial charge < -0.3 is 34.9 Å². The molecule has 12 nitrogen and oxygen atoms in total. The van der Waals surface area contributed by atoms with Crippen LogP contribution in [0.5, 0.6) is 11.6 Å². The van der Waals surface area contributed by atoms with Gasteiger partial charge in [0.15, 0.2) is 18.2 Å². The van der Waals surface area contributed by atoms with Gasteiger partial charge in [-0.25, -0.2) is 19.2 Å². The van der Waals surface area contributed by atoms with E-state index in [9.17, 15) is 9.59 Å². The SMILES string of the molecule is COc1ccc2ncc(F)c(CC(NC(=O)OCc3ccccc3)C34CCC(NCc5ccc6c(n5)NC(=O)CO6)(CC3)CO4)c2n1. The molecule has 13 heteroatoms. The summed E-state index contributed by atoms with van der Waals surface area (Å²) in [4.78, 5) is 38.3. The molecule has 1 unspecified atom stereocenters. The number of carbonyl (C=O) groups is 2. The van der Waals surface area contributed by atoms with Crippen molar-refractivity contribution in [3.63, 3.8) is 0 Å². The number of halogens is 1. The fraction of sp³-hybridized carbons (Fsp3) is 0.382. The molecule has 1 aliphatic carbocycles. The van der Waals surface area contributed by atoms with Crippen molar-refractivity contribution in [1.82, 2.24) is 25.6 Å². The zero-order valence-electron chi connectivity index (χ0n) is 25.9. The molecule has 3 N–H and O–H groups in total. The van der Waals surface area contributed by atoms with Crippen molar-refractivity contribution >= 4 is 28.9 Å². The Morgan fingerprint density at radius 3 is 2.68 bits per heavy atom. The molecule has 0 radical (unpaired) electrons. The topological polar surface area (TPSA) is 146 Å². The van der Waals surface area contributed by atoms with Crippen LogP contribution >= 0.6 is 0 Å². The van der Waals surface area contributed by atoms with Crippen LogP contribution in [0.4, 0.5) is 15.0 Å². The van der Waals surface area contributed by atoms with Crippen molar-refractivity contribution in [2.45, 2.75) is 62.4 Å². The van der Waals surface area contributed by atoms with Crippen LogP contribution in [-0.2, 0) is 33.8 Å². The zero-order chi connectivity index (χ0) is 32.4. The maximum Gasteiger partial charge on any atom is 0.407 e. The van der Waals surface area contributed by atoms with Gasteiger partial charge in [0.25, 0.3) is 5.91 Å². The first-order valence-electron chi connectivity index (χ1n) is 15.6. The molecule has 8 rings (SSSR count). The number of aromatic nitrogens is 3. The molecule has 4 aliphatic rings. The van der Waals surface area contributed by atoms with Gasteiger partial charge in [0, 0.05) is 30.1 Å². The minimum absolute atomic E-state index is 0.0240. The molecule has 6 heterocycles.